The summed E-state index contributed by atoms with van der Waals surface area (Å²) in [5, 5.41) is 12.0. The van der Waals surface area contributed by atoms with Crippen molar-refractivity contribution in [1.29, 1.82) is 5.26 Å². The molecule has 158 valence electrons. The fourth-order valence-corrected chi connectivity index (χ4v) is 4.67. The van der Waals surface area contributed by atoms with E-state index in [1.807, 2.05) is 33.8 Å². The summed E-state index contributed by atoms with van der Waals surface area (Å²) in [7, 11) is 0. The van der Waals surface area contributed by atoms with E-state index in [1.54, 1.807) is 30.3 Å². The summed E-state index contributed by atoms with van der Waals surface area (Å²) >= 11 is 0. The first-order valence-corrected chi connectivity index (χ1v) is 9.53. The van der Waals surface area contributed by atoms with Gasteiger partial charge in [0.2, 0.25) is 0 Å². The normalized spacial score (nSPS) is 21.8. The van der Waals surface area contributed by atoms with Gasteiger partial charge in [-0.2, -0.15) is 18.4 Å². The molecule has 1 amide bonds. The summed E-state index contributed by atoms with van der Waals surface area (Å²) in [6.07, 6.45) is -5.10. The number of halogens is 3. The maximum absolute atomic E-state index is 13.3. The predicted molar refractivity (Wildman–Crippen MR) is 106 cm³/mol. The highest BCUT2D eigenvalue weighted by Crippen LogP contribution is 2.55. The number of ether oxygens (including phenoxy) is 1. The number of nitrogens with one attached hydrogen (secondary N) is 1. The first kappa shape index (κ1) is 21.7. The highest BCUT2D eigenvalue weighted by atomic mass is 19.4. The van der Waals surface area contributed by atoms with Crippen molar-refractivity contribution in [2.75, 3.05) is 0 Å². The first-order valence-electron chi connectivity index (χ1n) is 9.53. The van der Waals surface area contributed by atoms with Crippen LogP contribution >= 0.6 is 0 Å². The van der Waals surface area contributed by atoms with Gasteiger partial charge in [0.25, 0.3) is 5.91 Å². The average Bonchev–Trinajstić information content (AvgIpc) is 2.69. The van der Waals surface area contributed by atoms with Crippen molar-refractivity contribution in [3.63, 3.8) is 0 Å². The van der Waals surface area contributed by atoms with Gasteiger partial charge in [-0.1, -0.05) is 45.9 Å². The van der Waals surface area contributed by atoms with Crippen molar-refractivity contribution in [3.05, 3.63) is 65.2 Å². The zero-order chi connectivity index (χ0) is 22.3. The number of hydrogen-bond acceptors (Lipinski definition) is 3. The van der Waals surface area contributed by atoms with E-state index < -0.39 is 34.2 Å². The molecule has 1 fully saturated rings. The third-order valence-corrected chi connectivity index (χ3v) is 5.82. The third kappa shape index (κ3) is 3.74. The molecule has 0 radical (unpaired) electrons. The monoisotopic (exact) mass is 416 g/mol. The fourth-order valence-electron chi connectivity index (χ4n) is 4.67. The molecule has 1 aliphatic rings. The topological polar surface area (TPSA) is 62.1 Å². The zero-order valence-electron chi connectivity index (χ0n) is 17.2. The molecule has 0 atom stereocenters. The van der Waals surface area contributed by atoms with Gasteiger partial charge in [0, 0.05) is 22.4 Å². The Hall–Kier alpha value is -3.01. The SMILES string of the molecule is CC1(C)C(NC(=O)c2ccccc2)C(C)(C)C1Oc1ccc(C#N)c(C(F)(F)F)c1. The van der Waals surface area contributed by atoms with Crippen molar-refractivity contribution in [1.82, 2.24) is 5.32 Å². The Kier molecular flexibility index (Phi) is 5.32. The summed E-state index contributed by atoms with van der Waals surface area (Å²) in [6.45, 7) is 7.64. The largest absolute Gasteiger partial charge is 0.489 e. The Morgan fingerprint density at radius 2 is 1.67 bits per heavy atom. The molecule has 30 heavy (non-hydrogen) atoms. The smallest absolute Gasteiger partial charge is 0.417 e. The molecule has 0 unspecified atom stereocenters. The molecule has 1 N–H and O–H groups in total. The highest BCUT2D eigenvalue weighted by Gasteiger charge is 2.64. The maximum Gasteiger partial charge on any atom is 0.417 e. The van der Waals surface area contributed by atoms with Crippen LogP contribution in [0.5, 0.6) is 5.75 Å². The average molecular weight is 416 g/mol. The van der Waals surface area contributed by atoms with Gasteiger partial charge < -0.3 is 10.1 Å². The highest BCUT2D eigenvalue weighted by molar-refractivity contribution is 5.94. The number of rotatable bonds is 4. The van der Waals surface area contributed by atoms with Crippen LogP contribution in [0.25, 0.3) is 0 Å². The second-order valence-electron chi connectivity index (χ2n) is 8.73. The molecule has 1 aliphatic carbocycles. The molecule has 0 aromatic heterocycles. The molecular weight excluding hydrogens is 393 g/mol. The summed E-state index contributed by atoms with van der Waals surface area (Å²) in [6, 6.07) is 13.5. The van der Waals surface area contributed by atoms with Crippen LogP contribution in [0, 0.1) is 22.2 Å². The van der Waals surface area contributed by atoms with Crippen molar-refractivity contribution in [3.8, 4) is 11.8 Å². The van der Waals surface area contributed by atoms with Crippen LogP contribution in [0.3, 0.4) is 0 Å². The molecule has 2 aromatic rings. The molecule has 0 heterocycles. The molecule has 4 nitrogen and oxygen atoms in total. The number of carbonyl (C=O) groups is 1. The van der Waals surface area contributed by atoms with E-state index in [4.69, 9.17) is 10.00 Å². The van der Waals surface area contributed by atoms with Gasteiger partial charge in [0.1, 0.15) is 11.9 Å². The number of alkyl halides is 3. The van der Waals surface area contributed by atoms with Crippen molar-refractivity contribution < 1.29 is 22.7 Å². The summed E-state index contributed by atoms with van der Waals surface area (Å²) in [4.78, 5) is 12.6. The standard InChI is InChI=1S/C23H23F3N2O2/c1-21(2)19(28-18(29)14-8-6-5-7-9-14)22(3,4)20(21)30-16-11-10-15(13-27)17(12-16)23(24,25)26/h5-12,19-20H,1-4H3,(H,28,29). The fraction of sp³-hybridized carbons (Fsp3) is 0.391. The van der Waals surface area contributed by atoms with Gasteiger partial charge in [-0.3, -0.25) is 4.79 Å². The molecular formula is C23H23F3N2O2. The van der Waals surface area contributed by atoms with Crippen molar-refractivity contribution >= 4 is 5.91 Å². The minimum absolute atomic E-state index is 0.0420. The minimum atomic E-state index is -4.65. The molecule has 0 aliphatic heterocycles. The Morgan fingerprint density at radius 1 is 1.07 bits per heavy atom. The number of hydrogen-bond donors (Lipinski definition) is 1. The van der Waals surface area contributed by atoms with E-state index in [2.05, 4.69) is 5.32 Å². The van der Waals surface area contributed by atoms with E-state index in [0.29, 0.717) is 5.56 Å². The van der Waals surface area contributed by atoms with Crippen LogP contribution in [0.1, 0.15) is 49.2 Å². The van der Waals surface area contributed by atoms with Crippen LogP contribution < -0.4 is 10.1 Å². The van der Waals surface area contributed by atoms with E-state index in [0.717, 1.165) is 12.1 Å². The van der Waals surface area contributed by atoms with Gasteiger partial charge in [-0.15, -0.1) is 0 Å². The lowest BCUT2D eigenvalue weighted by atomic mass is 9.49. The second kappa shape index (κ2) is 7.35. The van der Waals surface area contributed by atoms with Crippen molar-refractivity contribution in [2.45, 2.75) is 46.0 Å². The summed E-state index contributed by atoms with van der Waals surface area (Å²) in [5.74, 6) is -0.168. The van der Waals surface area contributed by atoms with Gasteiger partial charge in [-0.05, 0) is 30.3 Å². The molecule has 0 spiro atoms. The lowest BCUT2D eigenvalue weighted by molar-refractivity contribution is -0.164. The van der Waals surface area contributed by atoms with Crippen LogP contribution in [0.2, 0.25) is 0 Å². The second-order valence-corrected chi connectivity index (χ2v) is 8.73. The minimum Gasteiger partial charge on any atom is -0.489 e. The van der Waals surface area contributed by atoms with Gasteiger partial charge in [-0.25, -0.2) is 0 Å². The van der Waals surface area contributed by atoms with E-state index >= 15 is 0 Å². The Balaban J connectivity index is 1.82. The molecule has 1 saturated carbocycles. The van der Waals surface area contributed by atoms with E-state index in [1.165, 1.54) is 6.07 Å². The third-order valence-electron chi connectivity index (χ3n) is 5.82. The van der Waals surface area contributed by atoms with Gasteiger partial charge in [0.05, 0.1) is 17.2 Å². The number of nitriles is 1. The molecule has 3 rings (SSSR count). The van der Waals surface area contributed by atoms with Crippen LogP contribution in [0.15, 0.2) is 48.5 Å². The lowest BCUT2D eigenvalue weighted by Gasteiger charge is -2.63. The molecule has 0 bridgehead atoms. The maximum atomic E-state index is 13.3. The first-order chi connectivity index (χ1) is 13.9. The summed E-state index contributed by atoms with van der Waals surface area (Å²) < 4.78 is 45.8. The van der Waals surface area contributed by atoms with Gasteiger partial charge >= 0.3 is 6.18 Å². The Labute approximate surface area is 173 Å². The predicted octanol–water partition coefficient (Wildman–Crippen LogP) is 5.19. The van der Waals surface area contributed by atoms with Crippen molar-refractivity contribution in [2.24, 2.45) is 10.8 Å². The van der Waals surface area contributed by atoms with Gasteiger partial charge in [0.15, 0.2) is 0 Å². The van der Waals surface area contributed by atoms with E-state index in [-0.39, 0.29) is 17.7 Å². The number of carbonyl (C=O) groups excluding carboxylic acids is 1. The zero-order valence-corrected chi connectivity index (χ0v) is 17.2. The molecule has 7 heteroatoms. The number of nitrogens with zero attached hydrogens (tertiary/aromatic N) is 1. The quantitative estimate of drug-likeness (QED) is 0.746. The Bertz CT molecular complexity index is 976. The summed E-state index contributed by atoms with van der Waals surface area (Å²) in [5.41, 5.74) is -1.99. The van der Waals surface area contributed by atoms with Crippen LogP contribution in [-0.2, 0) is 6.18 Å². The number of benzene rings is 2. The Morgan fingerprint density at radius 3 is 2.20 bits per heavy atom. The van der Waals surface area contributed by atoms with Crippen LogP contribution in [0.4, 0.5) is 13.2 Å². The molecule has 2 aromatic carbocycles. The molecule has 0 saturated heterocycles. The lowest BCUT2D eigenvalue weighted by Crippen LogP contribution is -2.74. The number of amides is 1. The van der Waals surface area contributed by atoms with Crippen LogP contribution in [-0.4, -0.2) is 18.1 Å². The van der Waals surface area contributed by atoms with E-state index in [9.17, 15) is 18.0 Å².